The molecule has 86 heavy (non-hydrogen) atoms. The Morgan fingerprint density at radius 1 is 0.616 bits per heavy atom. The van der Waals surface area contributed by atoms with Crippen LogP contribution in [0.5, 0.6) is 0 Å². The third-order valence-corrected chi connectivity index (χ3v) is 14.8. The zero-order chi connectivity index (χ0) is 63.4. The fraction of sp³-hybridized carbons (Fsp3) is 0.435. The molecule has 2 saturated heterocycles. The highest BCUT2D eigenvalue weighted by molar-refractivity contribution is 6.62. The van der Waals surface area contributed by atoms with Crippen LogP contribution in [0.25, 0.3) is 0 Å². The Hall–Kier alpha value is -8.38. The second-order valence-electron chi connectivity index (χ2n) is 23.2. The number of hydrogen-bond donors (Lipinski definition) is 4. The Bertz CT molecular complexity index is 3220. The average molecular weight is 1180 g/mol. The number of aliphatic imine (C=N–C) groups is 1. The highest BCUT2D eigenvalue weighted by atomic mass is 16.7. The molecule has 3 amide bonds. The number of amidine groups is 1. The third-order valence-electron chi connectivity index (χ3n) is 14.8. The van der Waals surface area contributed by atoms with Gasteiger partial charge in [-0.2, -0.15) is 0 Å². The van der Waals surface area contributed by atoms with E-state index in [1.807, 2.05) is 79.7 Å². The van der Waals surface area contributed by atoms with Gasteiger partial charge in [-0.3, -0.25) is 20.4 Å². The van der Waals surface area contributed by atoms with Gasteiger partial charge in [-0.15, -0.1) is 12.8 Å². The number of nitrogens with two attached hydrogens (primary N) is 1. The minimum Gasteiger partial charge on any atom is -0.464 e. The molecule has 2 heterocycles. The molecule has 4 aromatic rings. The number of hydrogen-bond acceptors (Lipinski definition) is 18. The summed E-state index contributed by atoms with van der Waals surface area (Å²) in [5, 5.41) is 7.84. The largest absolute Gasteiger partial charge is 0.509 e. The zero-order valence-electron chi connectivity index (χ0n) is 50.9. The number of rotatable bonds is 23. The van der Waals surface area contributed by atoms with Crippen LogP contribution >= 0.6 is 0 Å². The normalized spacial score (nSPS) is 16.1. The molecule has 1 atom stereocenters. The average Bonchev–Trinajstić information content (AvgIpc) is 1.80. The van der Waals surface area contributed by atoms with Crippen molar-refractivity contribution in [3.63, 3.8) is 0 Å². The Labute approximate surface area is 502 Å². The molecular weight excluding hydrogens is 1110 g/mol. The Morgan fingerprint density at radius 2 is 1.07 bits per heavy atom. The van der Waals surface area contributed by atoms with Crippen LogP contribution in [-0.4, -0.2) is 116 Å². The number of benzene rings is 4. The first kappa shape index (κ1) is 66.8. The number of terminal acetylenes is 2. The van der Waals surface area contributed by atoms with Crippen molar-refractivity contribution < 1.29 is 80.5 Å². The monoisotopic (exact) mass is 1180 g/mol. The lowest BCUT2D eigenvalue weighted by Gasteiger charge is -2.36. The van der Waals surface area contributed by atoms with E-state index in [1.54, 1.807) is 43.3 Å². The van der Waals surface area contributed by atoms with Crippen molar-refractivity contribution >= 4 is 78.6 Å². The van der Waals surface area contributed by atoms with Gasteiger partial charge in [0.1, 0.15) is 44.4 Å². The fourth-order valence-corrected chi connectivity index (χ4v) is 8.27. The lowest BCUT2D eigenvalue weighted by atomic mass is 9.79. The molecule has 0 aromatic heterocycles. The summed E-state index contributed by atoms with van der Waals surface area (Å²) in [6.07, 6.45) is 5.91. The molecule has 22 nitrogen and oxygen atoms in total. The van der Waals surface area contributed by atoms with Crippen LogP contribution in [0.3, 0.4) is 0 Å². The minimum atomic E-state index is -1.93. The predicted molar refractivity (Wildman–Crippen MR) is 321 cm³/mol. The van der Waals surface area contributed by atoms with E-state index in [4.69, 9.17) is 70.4 Å². The van der Waals surface area contributed by atoms with Crippen LogP contribution in [0.4, 0.5) is 25.8 Å². The fourth-order valence-electron chi connectivity index (χ4n) is 8.27. The summed E-state index contributed by atoms with van der Waals surface area (Å²) in [5.41, 5.74) is 4.33. The maximum absolute atomic E-state index is 14.0. The van der Waals surface area contributed by atoms with Crippen molar-refractivity contribution in [2.75, 3.05) is 30.3 Å². The van der Waals surface area contributed by atoms with Crippen LogP contribution < -0.4 is 32.6 Å². The first-order valence-corrected chi connectivity index (χ1v) is 27.7. The van der Waals surface area contributed by atoms with Gasteiger partial charge >= 0.3 is 44.5 Å². The van der Waals surface area contributed by atoms with E-state index < -0.39 is 103 Å². The first-order chi connectivity index (χ1) is 40.3. The van der Waals surface area contributed by atoms with E-state index in [1.165, 1.54) is 52.0 Å². The van der Waals surface area contributed by atoms with E-state index in [-0.39, 0.29) is 66.8 Å². The third kappa shape index (κ3) is 17.2. The molecule has 0 bridgehead atoms. The SMILES string of the molecule is C#CCN=C(N)c1ccc(COC(=O)C(C)(C)OC(C(=O)OCC)C(C)(C)OC(=O)OCc2ccc(C(=O)NCC#C)cc2NC(=O)OCc2ccc(B3OC(C)(C)C(C)(C)O3)cc2)c(NC(=O)OCc2ccc(B3OC(C)(C)C(C)(C)O3)cc2)c1. The summed E-state index contributed by atoms with van der Waals surface area (Å²) in [6, 6.07) is 23.2. The number of esters is 2. The van der Waals surface area contributed by atoms with Crippen LogP contribution in [0.1, 0.15) is 128 Å². The van der Waals surface area contributed by atoms with Gasteiger partial charge in [-0.25, -0.2) is 24.0 Å². The van der Waals surface area contributed by atoms with E-state index in [9.17, 15) is 28.8 Å². The van der Waals surface area contributed by atoms with Crippen molar-refractivity contribution in [1.82, 2.24) is 5.32 Å². The number of ether oxygens (including phenoxy) is 7. The summed E-state index contributed by atoms with van der Waals surface area (Å²) in [5.74, 6) is 2.25. The molecule has 4 aromatic carbocycles. The van der Waals surface area contributed by atoms with Crippen LogP contribution in [0, 0.1) is 24.7 Å². The predicted octanol–water partition coefficient (Wildman–Crippen LogP) is 7.39. The maximum atomic E-state index is 14.0. The summed E-state index contributed by atoms with van der Waals surface area (Å²) >= 11 is 0. The van der Waals surface area contributed by atoms with Gasteiger partial charge in [-0.05, 0) is 130 Å². The number of carbonyl (C=O) groups is 6. The summed E-state index contributed by atoms with van der Waals surface area (Å²) < 4.78 is 64.0. The molecule has 0 radical (unpaired) electrons. The van der Waals surface area contributed by atoms with E-state index >= 15 is 0 Å². The minimum absolute atomic E-state index is 0.0111. The topological polar surface area (TPSA) is 278 Å². The highest BCUT2D eigenvalue weighted by Gasteiger charge is 2.53. The van der Waals surface area contributed by atoms with Crippen molar-refractivity contribution in [3.8, 4) is 24.7 Å². The summed E-state index contributed by atoms with van der Waals surface area (Å²) in [7, 11) is -1.16. The molecule has 24 heteroatoms. The molecular formula is C62H75B2N5O17. The van der Waals surface area contributed by atoms with Crippen molar-refractivity contribution in [1.29, 1.82) is 0 Å². The molecule has 6 rings (SSSR count). The van der Waals surface area contributed by atoms with Crippen LogP contribution in [0.2, 0.25) is 0 Å². The molecule has 0 spiro atoms. The molecule has 2 aliphatic rings. The van der Waals surface area contributed by atoms with Gasteiger partial charge in [0.2, 0.25) is 0 Å². The first-order valence-electron chi connectivity index (χ1n) is 27.7. The molecule has 2 fully saturated rings. The lowest BCUT2D eigenvalue weighted by Crippen LogP contribution is -2.53. The van der Waals surface area contributed by atoms with Crippen molar-refractivity contribution in [2.24, 2.45) is 10.7 Å². The van der Waals surface area contributed by atoms with Crippen LogP contribution in [0.15, 0.2) is 89.9 Å². The van der Waals surface area contributed by atoms with Gasteiger partial charge in [-0.1, -0.05) is 78.6 Å². The molecule has 0 aliphatic carbocycles. The number of carbonyl (C=O) groups excluding carboxylic acids is 6. The van der Waals surface area contributed by atoms with Gasteiger partial charge < -0.3 is 62.8 Å². The van der Waals surface area contributed by atoms with Crippen molar-refractivity contribution in [3.05, 3.63) is 118 Å². The molecule has 0 saturated carbocycles. The number of nitrogens with one attached hydrogen (secondary N) is 3. The smallest absolute Gasteiger partial charge is 0.464 e. The molecule has 5 N–H and O–H groups in total. The van der Waals surface area contributed by atoms with E-state index in [2.05, 4.69) is 32.8 Å². The molecule has 456 valence electrons. The number of nitrogens with zero attached hydrogens (tertiary/aromatic N) is 1. The summed E-state index contributed by atoms with van der Waals surface area (Å²) in [4.78, 5) is 84.8. The number of anilines is 2. The number of amides is 3. The van der Waals surface area contributed by atoms with Crippen LogP contribution in [-0.2, 0) is 87.8 Å². The highest BCUT2D eigenvalue weighted by Crippen LogP contribution is 2.38. The Morgan fingerprint density at radius 3 is 1.52 bits per heavy atom. The zero-order valence-corrected chi connectivity index (χ0v) is 50.9. The van der Waals surface area contributed by atoms with Gasteiger partial charge in [0.15, 0.2) is 11.7 Å². The van der Waals surface area contributed by atoms with E-state index in [0.717, 1.165) is 10.9 Å². The lowest BCUT2D eigenvalue weighted by molar-refractivity contribution is -0.206. The van der Waals surface area contributed by atoms with E-state index in [0.29, 0.717) is 16.7 Å². The van der Waals surface area contributed by atoms with Gasteiger partial charge in [0.25, 0.3) is 5.91 Å². The molecule has 2 aliphatic heterocycles. The maximum Gasteiger partial charge on any atom is 0.509 e. The molecule has 1 unspecified atom stereocenters. The second kappa shape index (κ2) is 27.8. The van der Waals surface area contributed by atoms with Crippen molar-refractivity contribution in [2.45, 2.75) is 156 Å². The standard InChI is InChI=1S/C62H75B2N5O17/c1-16-31-66-50(65)41-23-25-43(47(33-41)68-54(73)78-35-39-19-27-45(28-20-39)63-83-59(8,9)60(10,11)84-63)37-77-53(72)58(6,7)81-49(52(71)76-18-3)57(4,5)82-56(75)80-38-44-26-24-42(51(70)67-32-17-2)34-48(44)69-55(74)79-36-40-21-29-46(30-22-40)64-85-61(12,13)62(14,15)86-64/h1-2,19-30,33-34,49H,18,31-32,35-38H2,3-15H3,(H2,65,66)(H,67,70)(H,68,73)(H,69,74). The van der Waals surface area contributed by atoms with Gasteiger partial charge in [0.05, 0.1) is 46.9 Å². The summed E-state index contributed by atoms with van der Waals surface area (Å²) in [6.45, 7) is 21.1. The quantitative estimate of drug-likeness (QED) is 0.0141. The Balaban J connectivity index is 1.09. The Kier molecular flexibility index (Phi) is 21.6. The van der Waals surface area contributed by atoms with Gasteiger partial charge in [0, 0.05) is 22.3 Å². The second-order valence-corrected chi connectivity index (χ2v) is 23.2.